The van der Waals surface area contributed by atoms with Crippen LogP contribution in [0.25, 0.3) is 0 Å². The molecule has 0 aliphatic heterocycles. The first-order valence-corrected chi connectivity index (χ1v) is 10.0. The number of rotatable bonds is 10. The van der Waals surface area contributed by atoms with Crippen molar-refractivity contribution in [1.82, 2.24) is 10.3 Å². The summed E-state index contributed by atoms with van der Waals surface area (Å²) in [4.78, 5) is 4.26. The molecule has 0 amide bonds. The molecule has 27 heavy (non-hydrogen) atoms. The van der Waals surface area contributed by atoms with Crippen LogP contribution in [0, 0.1) is 0 Å². The maximum absolute atomic E-state index is 10.1. The molecule has 0 saturated carbocycles. The molecule has 0 aliphatic rings. The van der Waals surface area contributed by atoms with Gasteiger partial charge in [-0.25, -0.2) is 4.98 Å². The third-order valence-electron chi connectivity index (χ3n) is 4.35. The molecular weight excluding hydrogens is 356 g/mol. The van der Waals surface area contributed by atoms with Gasteiger partial charge >= 0.3 is 0 Å². The van der Waals surface area contributed by atoms with E-state index in [0.29, 0.717) is 11.7 Å². The van der Waals surface area contributed by atoms with E-state index in [1.807, 2.05) is 35.7 Å². The Labute approximate surface area is 164 Å². The van der Waals surface area contributed by atoms with Crippen molar-refractivity contribution in [3.63, 3.8) is 0 Å². The lowest BCUT2D eigenvalue weighted by Gasteiger charge is -2.12. The normalized spacial score (nSPS) is 12.0. The fourth-order valence-electron chi connectivity index (χ4n) is 2.83. The van der Waals surface area contributed by atoms with Crippen LogP contribution in [0.2, 0.25) is 0 Å². The van der Waals surface area contributed by atoms with Crippen LogP contribution in [-0.4, -0.2) is 29.7 Å². The highest BCUT2D eigenvalue weighted by atomic mass is 32.1. The Hall–Kier alpha value is -2.41. The molecular formula is C21H26N4OS. The van der Waals surface area contributed by atoms with Gasteiger partial charge in [-0.3, -0.25) is 0 Å². The summed E-state index contributed by atoms with van der Waals surface area (Å²) in [6, 6.07) is 18.2. The quantitative estimate of drug-likeness (QED) is 0.405. The van der Waals surface area contributed by atoms with Gasteiger partial charge in [0.25, 0.3) is 0 Å². The average molecular weight is 383 g/mol. The summed E-state index contributed by atoms with van der Waals surface area (Å²) in [6.07, 6.45) is 1.33. The fourth-order valence-corrected chi connectivity index (χ4v) is 3.42. The third-order valence-corrected chi connectivity index (χ3v) is 5.07. The molecule has 1 heterocycles. The first kappa shape index (κ1) is 19.4. The molecule has 1 atom stereocenters. The van der Waals surface area contributed by atoms with Gasteiger partial charge in [0.15, 0.2) is 5.13 Å². The monoisotopic (exact) mass is 382 g/mol. The van der Waals surface area contributed by atoms with E-state index >= 15 is 0 Å². The number of nitrogens with zero attached hydrogens (tertiary/aromatic N) is 1. The van der Waals surface area contributed by atoms with Gasteiger partial charge in [-0.15, -0.1) is 11.3 Å². The van der Waals surface area contributed by atoms with Crippen LogP contribution in [-0.2, 0) is 12.8 Å². The van der Waals surface area contributed by atoms with Crippen molar-refractivity contribution in [2.24, 2.45) is 0 Å². The van der Waals surface area contributed by atoms with Crippen molar-refractivity contribution in [3.8, 4) is 0 Å². The van der Waals surface area contributed by atoms with E-state index in [4.69, 9.17) is 5.73 Å². The molecule has 0 fully saturated rings. The summed E-state index contributed by atoms with van der Waals surface area (Å²) in [5.74, 6) is 0. The molecule has 0 bridgehead atoms. The summed E-state index contributed by atoms with van der Waals surface area (Å²) < 4.78 is 0. The summed E-state index contributed by atoms with van der Waals surface area (Å²) in [5.41, 5.74) is 10.00. The molecule has 1 aromatic heterocycles. The SMILES string of the molecule is Nc1nc(CCNc2ccc(CCNCC(O)c3ccccc3)cc2)cs1. The van der Waals surface area contributed by atoms with Gasteiger partial charge in [-0.2, -0.15) is 0 Å². The lowest BCUT2D eigenvalue weighted by Crippen LogP contribution is -2.23. The fraction of sp³-hybridized carbons (Fsp3) is 0.286. The average Bonchev–Trinajstić information content (AvgIpc) is 3.12. The summed E-state index contributed by atoms with van der Waals surface area (Å²) in [7, 11) is 0. The van der Waals surface area contributed by atoms with Crippen LogP contribution < -0.4 is 16.4 Å². The van der Waals surface area contributed by atoms with E-state index in [2.05, 4.69) is 39.9 Å². The first-order chi connectivity index (χ1) is 13.2. The highest BCUT2D eigenvalue weighted by Gasteiger charge is 2.05. The van der Waals surface area contributed by atoms with Crippen molar-refractivity contribution in [1.29, 1.82) is 0 Å². The Morgan fingerprint density at radius 1 is 1.00 bits per heavy atom. The number of nitrogen functional groups attached to an aromatic ring is 1. The maximum atomic E-state index is 10.1. The number of hydrogen-bond donors (Lipinski definition) is 4. The van der Waals surface area contributed by atoms with Crippen molar-refractivity contribution >= 4 is 22.2 Å². The predicted octanol–water partition coefficient (Wildman–Crippen LogP) is 3.25. The molecule has 3 aromatic rings. The molecule has 142 valence electrons. The van der Waals surface area contributed by atoms with Crippen molar-refractivity contribution in [2.45, 2.75) is 18.9 Å². The van der Waals surface area contributed by atoms with Gasteiger partial charge < -0.3 is 21.5 Å². The maximum Gasteiger partial charge on any atom is 0.180 e. The molecule has 0 spiro atoms. The summed E-state index contributed by atoms with van der Waals surface area (Å²) in [5, 5.41) is 19.5. The molecule has 1 unspecified atom stereocenters. The van der Waals surface area contributed by atoms with Crippen LogP contribution in [0.15, 0.2) is 60.0 Å². The minimum absolute atomic E-state index is 0.467. The number of aliphatic hydroxyl groups is 1. The van der Waals surface area contributed by atoms with Crippen LogP contribution in [0.4, 0.5) is 10.8 Å². The van der Waals surface area contributed by atoms with E-state index in [0.717, 1.165) is 42.9 Å². The second-order valence-corrected chi connectivity index (χ2v) is 7.32. The lowest BCUT2D eigenvalue weighted by molar-refractivity contribution is 0.175. The first-order valence-electron chi connectivity index (χ1n) is 9.17. The number of benzene rings is 2. The Kier molecular flexibility index (Phi) is 7.21. The Morgan fingerprint density at radius 3 is 2.48 bits per heavy atom. The Balaban J connectivity index is 1.34. The number of thiazole rings is 1. The highest BCUT2D eigenvalue weighted by Crippen LogP contribution is 2.13. The van der Waals surface area contributed by atoms with Crippen molar-refractivity contribution < 1.29 is 5.11 Å². The topological polar surface area (TPSA) is 83.2 Å². The number of anilines is 2. The van der Waals surface area contributed by atoms with Crippen LogP contribution in [0.5, 0.6) is 0 Å². The van der Waals surface area contributed by atoms with Crippen molar-refractivity contribution in [3.05, 3.63) is 76.8 Å². The number of nitrogens with two attached hydrogens (primary N) is 1. The highest BCUT2D eigenvalue weighted by molar-refractivity contribution is 7.13. The summed E-state index contributed by atoms with van der Waals surface area (Å²) >= 11 is 1.48. The Morgan fingerprint density at radius 2 is 1.78 bits per heavy atom. The molecule has 0 aliphatic carbocycles. The van der Waals surface area contributed by atoms with E-state index in [1.165, 1.54) is 16.9 Å². The van der Waals surface area contributed by atoms with Gasteiger partial charge in [0, 0.05) is 30.6 Å². The van der Waals surface area contributed by atoms with Gasteiger partial charge in [0.05, 0.1) is 11.8 Å². The minimum Gasteiger partial charge on any atom is -0.387 e. The van der Waals surface area contributed by atoms with E-state index in [-0.39, 0.29) is 0 Å². The van der Waals surface area contributed by atoms with Crippen LogP contribution in [0.3, 0.4) is 0 Å². The third kappa shape index (κ3) is 6.36. The Bertz CT molecular complexity index is 805. The van der Waals surface area contributed by atoms with E-state index in [1.54, 1.807) is 0 Å². The van der Waals surface area contributed by atoms with Crippen LogP contribution >= 0.6 is 11.3 Å². The molecule has 5 N–H and O–H groups in total. The van der Waals surface area contributed by atoms with Gasteiger partial charge in [-0.1, -0.05) is 42.5 Å². The summed E-state index contributed by atoms with van der Waals surface area (Å²) in [6.45, 7) is 2.23. The van der Waals surface area contributed by atoms with E-state index in [9.17, 15) is 5.11 Å². The predicted molar refractivity (Wildman–Crippen MR) is 113 cm³/mol. The van der Waals surface area contributed by atoms with Gasteiger partial charge in [0.1, 0.15) is 0 Å². The number of aromatic nitrogens is 1. The van der Waals surface area contributed by atoms with Gasteiger partial charge in [0.2, 0.25) is 0 Å². The van der Waals surface area contributed by atoms with Crippen molar-refractivity contribution in [2.75, 3.05) is 30.7 Å². The number of hydrogen-bond acceptors (Lipinski definition) is 6. The molecule has 0 saturated heterocycles. The molecule has 6 heteroatoms. The zero-order valence-electron chi connectivity index (χ0n) is 15.3. The second kappa shape index (κ2) is 10.1. The zero-order chi connectivity index (χ0) is 18.9. The number of nitrogens with one attached hydrogen (secondary N) is 2. The molecule has 5 nitrogen and oxygen atoms in total. The smallest absolute Gasteiger partial charge is 0.180 e. The molecule has 3 rings (SSSR count). The van der Waals surface area contributed by atoms with E-state index < -0.39 is 6.10 Å². The van der Waals surface area contributed by atoms with Crippen LogP contribution in [0.1, 0.15) is 22.9 Å². The number of aliphatic hydroxyl groups excluding tert-OH is 1. The largest absolute Gasteiger partial charge is 0.387 e. The van der Waals surface area contributed by atoms with Gasteiger partial charge in [-0.05, 0) is 36.2 Å². The standard InChI is InChI=1S/C21H26N4OS/c22-21-25-19(15-27-21)11-13-24-18-8-6-16(7-9-18)10-12-23-14-20(26)17-4-2-1-3-5-17/h1-9,15,20,23-24,26H,10-14H2,(H2,22,25). The zero-order valence-corrected chi connectivity index (χ0v) is 16.1. The molecule has 2 aromatic carbocycles. The lowest BCUT2D eigenvalue weighted by atomic mass is 10.1. The molecule has 0 radical (unpaired) electrons. The minimum atomic E-state index is -0.467. The second-order valence-electron chi connectivity index (χ2n) is 6.43.